The van der Waals surface area contributed by atoms with Crippen LogP contribution in [-0.4, -0.2) is 15.7 Å². The molecule has 2 aromatic carbocycles. The van der Waals surface area contributed by atoms with Crippen molar-refractivity contribution in [1.29, 1.82) is 0 Å². The molecule has 0 aliphatic heterocycles. The quantitative estimate of drug-likeness (QED) is 0.564. The number of benzene rings is 2. The molecule has 140 valence electrons. The van der Waals surface area contributed by atoms with E-state index in [2.05, 4.69) is 10.4 Å². The highest BCUT2D eigenvalue weighted by Gasteiger charge is 2.19. The van der Waals surface area contributed by atoms with Gasteiger partial charge in [-0.05, 0) is 38.1 Å². The number of halogens is 4. The van der Waals surface area contributed by atoms with Crippen molar-refractivity contribution in [1.82, 2.24) is 9.78 Å². The Morgan fingerprint density at radius 2 is 1.78 bits per heavy atom. The van der Waals surface area contributed by atoms with Crippen LogP contribution in [-0.2, 0) is 6.54 Å². The maximum absolute atomic E-state index is 14.1. The number of aryl methyl sites for hydroxylation is 1. The van der Waals surface area contributed by atoms with E-state index < -0.39 is 11.7 Å². The number of nitrogens with one attached hydrogen (secondary N) is 1. The van der Waals surface area contributed by atoms with Crippen LogP contribution in [0.1, 0.15) is 27.3 Å². The summed E-state index contributed by atoms with van der Waals surface area (Å²) in [7, 11) is 0. The third-order valence-electron chi connectivity index (χ3n) is 4.19. The second kappa shape index (κ2) is 7.89. The molecule has 0 radical (unpaired) electrons. The molecule has 0 bridgehead atoms. The molecule has 0 aliphatic carbocycles. The molecule has 0 saturated heterocycles. The van der Waals surface area contributed by atoms with Crippen molar-refractivity contribution in [2.24, 2.45) is 0 Å². The zero-order valence-electron chi connectivity index (χ0n) is 14.5. The Balaban J connectivity index is 1.90. The fraction of sp³-hybridized carbons (Fsp3) is 0.158. The van der Waals surface area contributed by atoms with Crippen LogP contribution in [0.4, 0.5) is 10.1 Å². The highest BCUT2D eigenvalue weighted by atomic mass is 35.5. The Morgan fingerprint density at radius 1 is 1.11 bits per heavy atom. The third-order valence-corrected chi connectivity index (χ3v) is 5.36. The number of aromatic nitrogens is 2. The maximum atomic E-state index is 14.1. The fourth-order valence-corrected chi connectivity index (χ4v) is 3.33. The Bertz CT molecular complexity index is 1010. The first-order valence-electron chi connectivity index (χ1n) is 8.02. The zero-order chi connectivity index (χ0) is 19.7. The van der Waals surface area contributed by atoms with Gasteiger partial charge in [-0.2, -0.15) is 5.10 Å². The molecule has 4 nitrogen and oxygen atoms in total. The number of hydrogen-bond donors (Lipinski definition) is 1. The summed E-state index contributed by atoms with van der Waals surface area (Å²) in [5.74, 6) is -0.816. The second-order valence-corrected chi connectivity index (χ2v) is 7.15. The molecule has 0 saturated carbocycles. The summed E-state index contributed by atoms with van der Waals surface area (Å²) < 4.78 is 15.7. The second-order valence-electron chi connectivity index (χ2n) is 5.96. The summed E-state index contributed by atoms with van der Waals surface area (Å²) >= 11 is 18.2. The van der Waals surface area contributed by atoms with Crippen LogP contribution in [0.5, 0.6) is 0 Å². The van der Waals surface area contributed by atoms with Crippen LogP contribution in [0.2, 0.25) is 15.1 Å². The lowest BCUT2D eigenvalue weighted by molar-refractivity contribution is 0.102. The van der Waals surface area contributed by atoms with Crippen molar-refractivity contribution in [3.63, 3.8) is 0 Å². The van der Waals surface area contributed by atoms with Gasteiger partial charge in [0.25, 0.3) is 5.91 Å². The number of anilines is 1. The fourth-order valence-electron chi connectivity index (χ4n) is 2.72. The van der Waals surface area contributed by atoms with Gasteiger partial charge in [0, 0.05) is 10.6 Å². The summed E-state index contributed by atoms with van der Waals surface area (Å²) in [6.07, 6.45) is 0. The third kappa shape index (κ3) is 3.95. The number of carbonyl (C=O) groups excluding carboxylic acids is 1. The molecule has 3 aromatic rings. The van der Waals surface area contributed by atoms with Gasteiger partial charge in [-0.25, -0.2) is 4.39 Å². The normalized spacial score (nSPS) is 10.9. The molecule has 1 aromatic heterocycles. The molecule has 0 spiro atoms. The van der Waals surface area contributed by atoms with Gasteiger partial charge < -0.3 is 5.32 Å². The van der Waals surface area contributed by atoms with E-state index in [1.54, 1.807) is 48.9 Å². The number of amides is 1. The van der Waals surface area contributed by atoms with E-state index in [9.17, 15) is 9.18 Å². The van der Waals surface area contributed by atoms with Crippen molar-refractivity contribution >= 4 is 46.4 Å². The lowest BCUT2D eigenvalue weighted by Gasteiger charge is -2.10. The molecule has 8 heteroatoms. The molecule has 27 heavy (non-hydrogen) atoms. The monoisotopic (exact) mass is 425 g/mol. The van der Waals surface area contributed by atoms with Gasteiger partial charge in [0.2, 0.25) is 0 Å². The summed E-state index contributed by atoms with van der Waals surface area (Å²) in [4.78, 5) is 12.6. The molecule has 1 N–H and O–H groups in total. The molecule has 0 fully saturated rings. The van der Waals surface area contributed by atoms with E-state index in [0.717, 1.165) is 0 Å². The van der Waals surface area contributed by atoms with Crippen LogP contribution in [0, 0.1) is 19.7 Å². The summed E-state index contributed by atoms with van der Waals surface area (Å²) in [6.45, 7) is 3.68. The van der Waals surface area contributed by atoms with Crippen molar-refractivity contribution in [3.8, 4) is 0 Å². The Morgan fingerprint density at radius 3 is 2.48 bits per heavy atom. The van der Waals surface area contributed by atoms with Gasteiger partial charge >= 0.3 is 0 Å². The van der Waals surface area contributed by atoms with Gasteiger partial charge in [0.05, 0.1) is 39.2 Å². The number of rotatable bonds is 4. The largest absolute Gasteiger partial charge is 0.319 e. The van der Waals surface area contributed by atoms with Crippen LogP contribution >= 0.6 is 34.8 Å². The first-order valence-corrected chi connectivity index (χ1v) is 9.15. The van der Waals surface area contributed by atoms with E-state index in [-0.39, 0.29) is 17.1 Å². The molecule has 1 heterocycles. The topological polar surface area (TPSA) is 46.9 Å². The SMILES string of the molecule is Cc1nn(Cc2c(F)cccc2Cl)c(C)c1NC(=O)c1cccc(Cl)c1Cl. The Labute approximate surface area is 170 Å². The summed E-state index contributed by atoms with van der Waals surface area (Å²) in [6, 6.07) is 9.34. The zero-order valence-corrected chi connectivity index (χ0v) is 16.8. The van der Waals surface area contributed by atoms with E-state index in [4.69, 9.17) is 34.8 Å². The van der Waals surface area contributed by atoms with Crippen molar-refractivity contribution in [3.05, 3.63) is 79.8 Å². The summed E-state index contributed by atoms with van der Waals surface area (Å²) in [5, 5.41) is 7.99. The van der Waals surface area contributed by atoms with E-state index in [0.29, 0.717) is 32.7 Å². The van der Waals surface area contributed by atoms with Crippen LogP contribution in [0.3, 0.4) is 0 Å². The smallest absolute Gasteiger partial charge is 0.257 e. The molecule has 1 amide bonds. The number of hydrogen-bond acceptors (Lipinski definition) is 2. The van der Waals surface area contributed by atoms with Crippen LogP contribution in [0.25, 0.3) is 0 Å². The molecule has 0 unspecified atom stereocenters. The first kappa shape index (κ1) is 19.7. The van der Waals surface area contributed by atoms with Gasteiger partial charge in [-0.15, -0.1) is 0 Å². The lowest BCUT2D eigenvalue weighted by atomic mass is 10.2. The molecular formula is C19H15Cl3FN3O. The lowest BCUT2D eigenvalue weighted by Crippen LogP contribution is -2.14. The van der Waals surface area contributed by atoms with Gasteiger partial charge in [-0.1, -0.05) is 46.9 Å². The number of carbonyl (C=O) groups is 1. The molecule has 0 atom stereocenters. The average Bonchev–Trinajstić information content (AvgIpc) is 2.88. The van der Waals surface area contributed by atoms with Crippen molar-refractivity contribution in [2.45, 2.75) is 20.4 Å². The predicted octanol–water partition coefficient (Wildman–Crippen LogP) is 5.90. The molecular weight excluding hydrogens is 412 g/mol. The van der Waals surface area contributed by atoms with Crippen LogP contribution < -0.4 is 5.32 Å². The van der Waals surface area contributed by atoms with Gasteiger partial charge in [-0.3, -0.25) is 9.48 Å². The standard InChI is InChI=1S/C19H15Cl3FN3O/c1-10-18(24-19(27)12-5-3-7-15(21)17(12)22)11(2)26(25-10)9-13-14(20)6-4-8-16(13)23/h3-8H,9H2,1-2H3,(H,24,27). The molecule has 3 rings (SSSR count). The number of nitrogens with zero attached hydrogens (tertiary/aromatic N) is 2. The summed E-state index contributed by atoms with van der Waals surface area (Å²) in [5.41, 5.74) is 2.38. The maximum Gasteiger partial charge on any atom is 0.257 e. The average molecular weight is 427 g/mol. The Hall–Kier alpha value is -2.08. The van der Waals surface area contributed by atoms with Crippen LogP contribution in [0.15, 0.2) is 36.4 Å². The highest BCUT2D eigenvalue weighted by Crippen LogP contribution is 2.28. The minimum atomic E-state index is -0.411. The molecule has 0 aliphatic rings. The van der Waals surface area contributed by atoms with E-state index >= 15 is 0 Å². The van der Waals surface area contributed by atoms with Crippen molar-refractivity contribution < 1.29 is 9.18 Å². The highest BCUT2D eigenvalue weighted by molar-refractivity contribution is 6.44. The minimum absolute atomic E-state index is 0.145. The van der Waals surface area contributed by atoms with Gasteiger partial charge in [0.15, 0.2) is 0 Å². The first-order chi connectivity index (χ1) is 12.8. The minimum Gasteiger partial charge on any atom is -0.319 e. The van der Waals surface area contributed by atoms with Crippen molar-refractivity contribution in [2.75, 3.05) is 5.32 Å². The van der Waals surface area contributed by atoms with E-state index in [1.165, 1.54) is 6.07 Å². The Kier molecular flexibility index (Phi) is 5.75. The van der Waals surface area contributed by atoms with E-state index in [1.807, 2.05) is 0 Å². The predicted molar refractivity (Wildman–Crippen MR) is 107 cm³/mol. The van der Waals surface area contributed by atoms with Gasteiger partial charge in [0.1, 0.15) is 5.82 Å².